The predicted molar refractivity (Wildman–Crippen MR) is 93.4 cm³/mol. The monoisotopic (exact) mass is 345 g/mol. The van der Waals surface area contributed by atoms with Crippen molar-refractivity contribution in [1.29, 1.82) is 0 Å². The van der Waals surface area contributed by atoms with Crippen molar-refractivity contribution in [2.24, 2.45) is 17.3 Å². The number of aromatic nitrogens is 2. The van der Waals surface area contributed by atoms with Crippen LogP contribution in [0.5, 0.6) is 0 Å². The number of halogens is 1. The summed E-state index contributed by atoms with van der Waals surface area (Å²) >= 11 is 0. The van der Waals surface area contributed by atoms with Crippen molar-refractivity contribution in [2.75, 3.05) is 18.4 Å². The number of nitrogens with one attached hydrogen (secondary N) is 1. The van der Waals surface area contributed by atoms with E-state index in [9.17, 15) is 9.18 Å². The van der Waals surface area contributed by atoms with Crippen LogP contribution in [0.1, 0.15) is 16.1 Å². The van der Waals surface area contributed by atoms with Crippen LogP contribution in [0.4, 0.5) is 10.3 Å². The number of carbonyl (C=O) groups excluding carboxylic acids is 1. The molecule has 1 heterocycles. The molecule has 0 aliphatic carbocycles. The van der Waals surface area contributed by atoms with Gasteiger partial charge in [-0.05, 0) is 24.6 Å². The molecule has 0 fully saturated rings. The summed E-state index contributed by atoms with van der Waals surface area (Å²) in [5, 5.41) is 4.47. The highest BCUT2D eigenvalue weighted by molar-refractivity contribution is 5.94. The van der Waals surface area contributed by atoms with E-state index in [2.05, 4.69) is 15.3 Å². The molecule has 0 spiro atoms. The van der Waals surface area contributed by atoms with Gasteiger partial charge >= 0.3 is 0 Å². The first-order chi connectivity index (χ1) is 11.9. The highest BCUT2D eigenvalue weighted by Crippen LogP contribution is 2.24. The Labute approximate surface area is 144 Å². The quantitative estimate of drug-likeness (QED) is 0.428. The van der Waals surface area contributed by atoms with Gasteiger partial charge in [0.2, 0.25) is 5.95 Å². The van der Waals surface area contributed by atoms with Crippen LogP contribution in [0.15, 0.2) is 36.8 Å². The summed E-state index contributed by atoms with van der Waals surface area (Å²) in [5.41, 5.74) is 12.2. The first-order valence-electron chi connectivity index (χ1n) is 7.49. The highest BCUT2D eigenvalue weighted by atomic mass is 19.1. The molecule has 8 nitrogen and oxygen atoms in total. The number of anilines is 1. The van der Waals surface area contributed by atoms with E-state index in [-0.39, 0.29) is 5.56 Å². The minimum absolute atomic E-state index is 0.171. The molecule has 1 amide bonds. The predicted octanol–water partition coefficient (Wildman–Crippen LogP) is 0.708. The molecule has 0 saturated heterocycles. The number of rotatable bonds is 7. The third-order valence-corrected chi connectivity index (χ3v) is 3.45. The molecule has 2 rings (SSSR count). The number of amides is 1. The molecule has 0 saturated carbocycles. The minimum Gasteiger partial charge on any atom is -0.403 e. The number of carbonyl (C=O) groups is 1. The Balaban J connectivity index is 2.14. The molecular formula is C16H20FN7O. The number of benzene rings is 1. The average Bonchev–Trinajstić information content (AvgIpc) is 2.56. The summed E-state index contributed by atoms with van der Waals surface area (Å²) in [5.74, 6) is 4.59. The summed E-state index contributed by atoms with van der Waals surface area (Å²) in [7, 11) is 0. The number of aryl methyl sites for hydroxylation is 1. The molecule has 0 radical (unpaired) electrons. The number of hydrogen-bond acceptors (Lipinski definition) is 7. The van der Waals surface area contributed by atoms with Crippen LogP contribution < -0.4 is 22.6 Å². The van der Waals surface area contributed by atoms with E-state index in [4.69, 9.17) is 17.3 Å². The van der Waals surface area contributed by atoms with Crippen LogP contribution in [0.2, 0.25) is 0 Å². The summed E-state index contributed by atoms with van der Waals surface area (Å²) in [6, 6.07) is 4.13. The Morgan fingerprint density at radius 2 is 2.20 bits per heavy atom. The average molecular weight is 345 g/mol. The molecule has 132 valence electrons. The van der Waals surface area contributed by atoms with Crippen LogP contribution in [0.25, 0.3) is 11.1 Å². The molecule has 0 bridgehead atoms. The van der Waals surface area contributed by atoms with Gasteiger partial charge in [0, 0.05) is 30.7 Å². The van der Waals surface area contributed by atoms with Gasteiger partial charge in [0.25, 0.3) is 5.91 Å². The fourth-order valence-electron chi connectivity index (χ4n) is 2.20. The first kappa shape index (κ1) is 18.1. The molecule has 1 aromatic heterocycles. The normalized spacial score (nSPS) is 10.8. The first-order valence-corrected chi connectivity index (χ1v) is 7.49. The summed E-state index contributed by atoms with van der Waals surface area (Å²) in [6.07, 6.45) is 4.49. The van der Waals surface area contributed by atoms with Gasteiger partial charge < -0.3 is 21.8 Å². The fourth-order valence-corrected chi connectivity index (χ4v) is 2.20. The lowest BCUT2D eigenvalue weighted by atomic mass is 10.0. The molecule has 9 heteroatoms. The van der Waals surface area contributed by atoms with Crippen LogP contribution in [0.3, 0.4) is 0 Å². The molecule has 0 aliphatic rings. The minimum atomic E-state index is -0.825. The molecular weight excluding hydrogens is 325 g/mol. The zero-order chi connectivity index (χ0) is 18.4. The Morgan fingerprint density at radius 3 is 2.84 bits per heavy atom. The Morgan fingerprint density at radius 1 is 1.44 bits per heavy atom. The summed E-state index contributed by atoms with van der Waals surface area (Å²) in [6.45, 7) is 2.82. The zero-order valence-electron chi connectivity index (χ0n) is 13.7. The topological polar surface area (TPSA) is 136 Å². The van der Waals surface area contributed by atoms with E-state index in [0.717, 1.165) is 0 Å². The maximum Gasteiger partial charge on any atom is 0.251 e. The molecule has 0 atom stereocenters. The van der Waals surface area contributed by atoms with Crippen LogP contribution in [-0.2, 0) is 0 Å². The lowest BCUT2D eigenvalue weighted by Gasteiger charge is -2.14. The Kier molecular flexibility index (Phi) is 5.85. The van der Waals surface area contributed by atoms with Crippen molar-refractivity contribution < 1.29 is 9.18 Å². The van der Waals surface area contributed by atoms with Gasteiger partial charge in [-0.3, -0.25) is 4.79 Å². The molecule has 7 N–H and O–H groups in total. The van der Waals surface area contributed by atoms with Gasteiger partial charge in [-0.25, -0.2) is 20.2 Å². The maximum atomic E-state index is 13.6. The number of nitrogens with two attached hydrogens (primary N) is 3. The van der Waals surface area contributed by atoms with Crippen molar-refractivity contribution in [3.63, 3.8) is 0 Å². The van der Waals surface area contributed by atoms with Crippen LogP contribution >= 0.6 is 0 Å². The second kappa shape index (κ2) is 8.06. The van der Waals surface area contributed by atoms with E-state index < -0.39 is 11.7 Å². The van der Waals surface area contributed by atoms with Crippen LogP contribution in [-0.4, -0.2) is 34.0 Å². The van der Waals surface area contributed by atoms with Gasteiger partial charge in [-0.2, -0.15) is 0 Å². The molecule has 0 unspecified atom stereocenters. The Bertz CT molecular complexity index is 794. The van der Waals surface area contributed by atoms with Crippen molar-refractivity contribution >= 4 is 11.9 Å². The van der Waals surface area contributed by atoms with Gasteiger partial charge in [-0.15, -0.1) is 0 Å². The molecule has 0 aliphatic heterocycles. The van der Waals surface area contributed by atoms with E-state index >= 15 is 0 Å². The van der Waals surface area contributed by atoms with Crippen molar-refractivity contribution in [2.45, 2.75) is 6.92 Å². The highest BCUT2D eigenvalue weighted by Gasteiger charge is 2.12. The molecule has 1 aromatic carbocycles. The van der Waals surface area contributed by atoms with Gasteiger partial charge in [0.1, 0.15) is 5.82 Å². The number of hydrazine groups is 1. The summed E-state index contributed by atoms with van der Waals surface area (Å²) < 4.78 is 13.6. The largest absolute Gasteiger partial charge is 0.403 e. The third kappa shape index (κ3) is 4.64. The fraction of sp³-hybridized carbons (Fsp3) is 0.188. The lowest BCUT2D eigenvalue weighted by Crippen LogP contribution is -2.30. The lowest BCUT2D eigenvalue weighted by molar-refractivity contribution is 0.0996. The molecule has 25 heavy (non-hydrogen) atoms. The van der Waals surface area contributed by atoms with Gasteiger partial charge in [-0.1, -0.05) is 6.07 Å². The van der Waals surface area contributed by atoms with Crippen molar-refractivity contribution in [1.82, 2.24) is 15.0 Å². The Hall–Kier alpha value is -3.20. The third-order valence-electron chi connectivity index (χ3n) is 3.45. The summed E-state index contributed by atoms with van der Waals surface area (Å²) in [4.78, 5) is 19.9. The second-order valence-electron chi connectivity index (χ2n) is 5.26. The second-order valence-corrected chi connectivity index (χ2v) is 5.26. The van der Waals surface area contributed by atoms with Crippen LogP contribution in [0, 0.1) is 12.7 Å². The van der Waals surface area contributed by atoms with Gasteiger partial charge in [0.15, 0.2) is 0 Å². The van der Waals surface area contributed by atoms with Crippen molar-refractivity contribution in [3.8, 4) is 11.1 Å². The van der Waals surface area contributed by atoms with E-state index in [1.165, 1.54) is 23.3 Å². The number of hydrogen-bond donors (Lipinski definition) is 4. The van der Waals surface area contributed by atoms with E-state index in [1.54, 1.807) is 25.4 Å². The maximum absolute atomic E-state index is 13.6. The van der Waals surface area contributed by atoms with Gasteiger partial charge in [0.05, 0.1) is 17.8 Å². The SMILES string of the molecule is Cc1nc(NCCN(N)/C=C\N)ncc1-c1ccc(F)c(C(N)=O)c1. The van der Waals surface area contributed by atoms with Crippen molar-refractivity contribution in [3.05, 3.63) is 53.9 Å². The zero-order valence-corrected chi connectivity index (χ0v) is 13.7. The molecule has 2 aromatic rings. The van der Waals surface area contributed by atoms with E-state index in [1.807, 2.05) is 0 Å². The van der Waals surface area contributed by atoms with E-state index in [0.29, 0.717) is 35.9 Å². The number of primary amides is 1. The number of nitrogens with zero attached hydrogens (tertiary/aromatic N) is 3. The standard InChI is InChI=1S/C16H20FN7O/c1-10-13(11-2-3-14(17)12(8-11)15(19)25)9-22-16(23-10)21-5-7-24(20)6-4-18/h2-4,6,8-9H,5,7,18,20H2,1H3,(H2,19,25)(H,21,22,23)/b6-4-. The smallest absolute Gasteiger partial charge is 0.251 e.